The molecule has 0 spiro atoms. The number of aromatic hydroxyl groups is 1. The molecule has 0 saturated carbocycles. The zero-order valence-electron chi connectivity index (χ0n) is 14.4. The molecule has 2 N–H and O–H groups in total. The number of esters is 1. The maximum absolute atomic E-state index is 12.1. The van der Waals surface area contributed by atoms with E-state index in [9.17, 15) is 14.7 Å². The molecule has 0 bridgehead atoms. The molecular weight excluding hydrogens is 316 g/mol. The van der Waals surface area contributed by atoms with E-state index < -0.39 is 24.0 Å². The Labute approximate surface area is 141 Å². The first kappa shape index (κ1) is 19.7. The summed E-state index contributed by atoms with van der Waals surface area (Å²) >= 11 is 0. The van der Waals surface area contributed by atoms with Gasteiger partial charge >= 0.3 is 5.97 Å². The van der Waals surface area contributed by atoms with E-state index in [4.69, 9.17) is 14.2 Å². The summed E-state index contributed by atoms with van der Waals surface area (Å²) in [6, 6.07) is 0.514. The molecule has 24 heavy (non-hydrogen) atoms. The van der Waals surface area contributed by atoms with E-state index in [1.807, 2.05) is 6.92 Å². The van der Waals surface area contributed by atoms with Gasteiger partial charge < -0.3 is 24.6 Å². The van der Waals surface area contributed by atoms with Crippen LogP contribution in [0.25, 0.3) is 0 Å². The molecule has 0 saturated heterocycles. The number of carbonyl (C=O) groups excluding carboxylic acids is 2. The van der Waals surface area contributed by atoms with Crippen LogP contribution in [0.2, 0.25) is 0 Å². The van der Waals surface area contributed by atoms with Gasteiger partial charge in [0, 0.05) is 18.9 Å². The molecule has 0 aromatic carbocycles. The van der Waals surface area contributed by atoms with E-state index in [0.717, 1.165) is 6.42 Å². The van der Waals surface area contributed by atoms with Crippen LogP contribution in [-0.4, -0.2) is 54.4 Å². The summed E-state index contributed by atoms with van der Waals surface area (Å²) in [4.78, 5) is 27.9. The maximum Gasteiger partial charge on any atom is 0.328 e. The van der Waals surface area contributed by atoms with Gasteiger partial charge in [0.1, 0.15) is 12.1 Å². The van der Waals surface area contributed by atoms with Gasteiger partial charge in [-0.1, -0.05) is 6.92 Å². The van der Waals surface area contributed by atoms with E-state index >= 15 is 0 Å². The molecule has 134 valence electrons. The summed E-state index contributed by atoms with van der Waals surface area (Å²) < 4.78 is 15.4. The topological polar surface area (TPSA) is 107 Å². The van der Waals surface area contributed by atoms with Crippen molar-refractivity contribution in [3.63, 3.8) is 0 Å². The average molecular weight is 340 g/mol. The third-order valence-electron chi connectivity index (χ3n) is 3.04. The molecule has 0 radical (unpaired) electrons. The van der Waals surface area contributed by atoms with Crippen molar-refractivity contribution in [2.45, 2.75) is 39.3 Å². The number of pyridine rings is 1. The minimum Gasteiger partial charge on any atom is -0.503 e. The lowest BCUT2D eigenvalue weighted by molar-refractivity contribution is -0.152. The number of methoxy groups -OCH3 is 1. The number of amides is 1. The van der Waals surface area contributed by atoms with Crippen LogP contribution >= 0.6 is 0 Å². The molecule has 0 aliphatic rings. The number of nitrogens with one attached hydrogen (secondary N) is 1. The van der Waals surface area contributed by atoms with Crippen LogP contribution in [0.3, 0.4) is 0 Å². The molecule has 0 aliphatic carbocycles. The fourth-order valence-corrected chi connectivity index (χ4v) is 1.82. The van der Waals surface area contributed by atoms with Crippen molar-refractivity contribution >= 4 is 11.9 Å². The Hall–Kier alpha value is -2.35. The molecule has 2 atom stereocenters. The first-order chi connectivity index (χ1) is 11.4. The highest BCUT2D eigenvalue weighted by Crippen LogP contribution is 2.27. The summed E-state index contributed by atoms with van der Waals surface area (Å²) in [7, 11) is 1.36. The maximum atomic E-state index is 12.1. The number of aromatic nitrogens is 1. The van der Waals surface area contributed by atoms with Crippen LogP contribution in [0.5, 0.6) is 11.5 Å². The average Bonchev–Trinajstić information content (AvgIpc) is 2.55. The van der Waals surface area contributed by atoms with Gasteiger partial charge in [0.25, 0.3) is 5.91 Å². The SMILES string of the molecule is CCCOC[C@H](C)OC(=O)[C@H](C)NC(=O)c1nccc(OC)c1O. The van der Waals surface area contributed by atoms with Crippen molar-refractivity contribution in [1.29, 1.82) is 0 Å². The zero-order chi connectivity index (χ0) is 18.1. The number of hydrogen-bond donors (Lipinski definition) is 2. The van der Waals surface area contributed by atoms with E-state index in [1.54, 1.807) is 6.92 Å². The molecule has 8 nitrogen and oxygen atoms in total. The van der Waals surface area contributed by atoms with Crippen LogP contribution < -0.4 is 10.1 Å². The lowest BCUT2D eigenvalue weighted by atomic mass is 10.2. The highest BCUT2D eigenvalue weighted by Gasteiger charge is 2.23. The van der Waals surface area contributed by atoms with Crippen molar-refractivity contribution in [2.75, 3.05) is 20.3 Å². The Morgan fingerprint density at radius 2 is 2.08 bits per heavy atom. The standard InChI is InChI=1S/C16H24N2O6/c1-5-8-23-9-10(2)24-16(21)11(3)18-15(20)13-14(19)12(22-4)6-7-17-13/h6-7,10-11,19H,5,8-9H2,1-4H3,(H,18,20)/t10-,11-/m0/s1. The molecule has 0 aliphatic heterocycles. The van der Waals surface area contributed by atoms with Gasteiger partial charge in [-0.25, -0.2) is 9.78 Å². The minimum atomic E-state index is -0.904. The van der Waals surface area contributed by atoms with E-state index in [-0.39, 0.29) is 17.2 Å². The summed E-state index contributed by atoms with van der Waals surface area (Å²) in [5.74, 6) is -1.57. The Morgan fingerprint density at radius 3 is 2.71 bits per heavy atom. The predicted molar refractivity (Wildman–Crippen MR) is 86.0 cm³/mol. The Morgan fingerprint density at radius 1 is 1.38 bits per heavy atom. The smallest absolute Gasteiger partial charge is 0.328 e. The molecule has 1 aromatic heterocycles. The highest BCUT2D eigenvalue weighted by molar-refractivity contribution is 5.97. The molecule has 1 amide bonds. The fourth-order valence-electron chi connectivity index (χ4n) is 1.82. The minimum absolute atomic E-state index is 0.118. The second-order valence-electron chi connectivity index (χ2n) is 5.23. The molecule has 1 aromatic rings. The quantitative estimate of drug-likeness (QED) is 0.515. The number of ether oxygens (including phenoxy) is 3. The van der Waals surface area contributed by atoms with Gasteiger partial charge in [0.15, 0.2) is 17.2 Å². The lowest BCUT2D eigenvalue weighted by Gasteiger charge is -2.18. The van der Waals surface area contributed by atoms with Crippen LogP contribution in [0.1, 0.15) is 37.7 Å². The monoisotopic (exact) mass is 340 g/mol. The van der Waals surface area contributed by atoms with Crippen molar-refractivity contribution < 1.29 is 28.9 Å². The normalized spacial score (nSPS) is 13.0. The first-order valence-electron chi connectivity index (χ1n) is 7.71. The van der Waals surface area contributed by atoms with Crippen molar-refractivity contribution in [1.82, 2.24) is 10.3 Å². The van der Waals surface area contributed by atoms with Crippen molar-refractivity contribution in [3.05, 3.63) is 18.0 Å². The van der Waals surface area contributed by atoms with Gasteiger partial charge in [0.05, 0.1) is 13.7 Å². The molecular formula is C16H24N2O6. The summed E-state index contributed by atoms with van der Waals surface area (Å²) in [6.45, 7) is 6.05. The van der Waals surface area contributed by atoms with Gasteiger partial charge in [-0.2, -0.15) is 0 Å². The predicted octanol–water partition coefficient (Wildman–Crippen LogP) is 1.27. The molecule has 1 heterocycles. The second kappa shape index (κ2) is 9.71. The molecule has 0 unspecified atom stereocenters. The number of nitrogens with zero attached hydrogens (tertiary/aromatic N) is 1. The van der Waals surface area contributed by atoms with Crippen molar-refractivity contribution in [2.24, 2.45) is 0 Å². The Bertz CT molecular complexity index is 563. The van der Waals surface area contributed by atoms with Crippen LogP contribution in [0.15, 0.2) is 12.3 Å². The van der Waals surface area contributed by atoms with E-state index in [2.05, 4.69) is 10.3 Å². The van der Waals surface area contributed by atoms with Crippen LogP contribution in [-0.2, 0) is 14.3 Å². The summed E-state index contributed by atoms with van der Waals surface area (Å²) in [5, 5.41) is 12.3. The second-order valence-corrected chi connectivity index (χ2v) is 5.23. The number of hydrogen-bond acceptors (Lipinski definition) is 7. The van der Waals surface area contributed by atoms with Gasteiger partial charge in [-0.15, -0.1) is 0 Å². The number of carbonyl (C=O) groups is 2. The third-order valence-corrected chi connectivity index (χ3v) is 3.04. The highest BCUT2D eigenvalue weighted by atomic mass is 16.6. The number of rotatable bonds is 9. The third kappa shape index (κ3) is 5.69. The van der Waals surface area contributed by atoms with Crippen LogP contribution in [0.4, 0.5) is 0 Å². The fraction of sp³-hybridized carbons (Fsp3) is 0.562. The summed E-state index contributed by atoms with van der Waals surface area (Å²) in [6.07, 6.45) is 1.78. The summed E-state index contributed by atoms with van der Waals surface area (Å²) in [5.41, 5.74) is -0.228. The largest absolute Gasteiger partial charge is 0.503 e. The van der Waals surface area contributed by atoms with Crippen LogP contribution in [0, 0.1) is 0 Å². The van der Waals surface area contributed by atoms with Gasteiger partial charge in [-0.05, 0) is 20.3 Å². The Kier molecular flexibility index (Phi) is 7.97. The van der Waals surface area contributed by atoms with Gasteiger partial charge in [0.2, 0.25) is 0 Å². The zero-order valence-corrected chi connectivity index (χ0v) is 14.4. The van der Waals surface area contributed by atoms with E-state index in [0.29, 0.717) is 13.2 Å². The lowest BCUT2D eigenvalue weighted by Crippen LogP contribution is -2.41. The van der Waals surface area contributed by atoms with E-state index in [1.165, 1.54) is 26.3 Å². The first-order valence-corrected chi connectivity index (χ1v) is 7.71. The molecule has 0 fully saturated rings. The Balaban J connectivity index is 2.59. The molecule has 1 rings (SSSR count). The van der Waals surface area contributed by atoms with Crippen molar-refractivity contribution in [3.8, 4) is 11.5 Å². The molecule has 8 heteroatoms. The van der Waals surface area contributed by atoms with Gasteiger partial charge in [-0.3, -0.25) is 4.79 Å².